The summed E-state index contributed by atoms with van der Waals surface area (Å²) in [7, 11) is -4.44. The molecule has 0 fully saturated rings. The van der Waals surface area contributed by atoms with E-state index in [2.05, 4.69) is 0 Å². The number of nitrogens with zero attached hydrogens (tertiary/aromatic N) is 1. The zero-order valence-electron chi connectivity index (χ0n) is 13.5. The molecule has 8 nitrogen and oxygen atoms in total. The minimum absolute atomic E-state index is 0.288. The predicted molar refractivity (Wildman–Crippen MR) is 88.4 cm³/mol. The number of non-ortho nitro benzene ring substituents is 1. The lowest BCUT2D eigenvalue weighted by Crippen LogP contribution is -2.12. The van der Waals surface area contributed by atoms with Gasteiger partial charge in [-0.3, -0.25) is 10.1 Å². The Morgan fingerprint density at radius 2 is 1.68 bits per heavy atom. The summed E-state index contributed by atoms with van der Waals surface area (Å²) in [6.45, 7) is 0. The van der Waals surface area contributed by atoms with Crippen molar-refractivity contribution < 1.29 is 35.1 Å². The van der Waals surface area contributed by atoms with E-state index in [9.17, 15) is 36.5 Å². The Morgan fingerprint density at radius 1 is 1.04 bits per heavy atom. The lowest BCUT2D eigenvalue weighted by Gasteiger charge is -2.11. The summed E-state index contributed by atoms with van der Waals surface area (Å²) >= 11 is 0. The molecule has 1 heterocycles. The van der Waals surface area contributed by atoms with Crippen LogP contribution in [-0.2, 0) is 16.3 Å². The first-order valence-corrected chi connectivity index (χ1v) is 8.72. The fourth-order valence-corrected chi connectivity index (χ4v) is 3.26. The molecule has 0 saturated carbocycles. The van der Waals surface area contributed by atoms with Crippen LogP contribution in [0.25, 0.3) is 11.0 Å². The van der Waals surface area contributed by atoms with E-state index in [1.807, 2.05) is 0 Å². The molecule has 0 N–H and O–H groups in total. The Morgan fingerprint density at radius 3 is 2.25 bits per heavy atom. The van der Waals surface area contributed by atoms with Crippen LogP contribution in [0.3, 0.4) is 0 Å². The Balaban J connectivity index is 2.00. The molecule has 3 rings (SSSR count). The van der Waals surface area contributed by atoms with Gasteiger partial charge in [-0.15, -0.1) is 0 Å². The van der Waals surface area contributed by atoms with Crippen molar-refractivity contribution in [2.45, 2.75) is 11.1 Å². The summed E-state index contributed by atoms with van der Waals surface area (Å²) in [5.41, 5.74) is -3.36. The smallest absolute Gasteiger partial charge is 0.417 e. The maximum Gasteiger partial charge on any atom is 0.417 e. The molecular formula is C16H8F3NO7S. The molecule has 28 heavy (non-hydrogen) atoms. The topological polar surface area (TPSA) is 117 Å². The number of hydrogen-bond donors (Lipinski definition) is 0. The molecule has 3 aromatic rings. The number of nitro groups is 1. The van der Waals surface area contributed by atoms with Crippen LogP contribution in [0.2, 0.25) is 0 Å². The van der Waals surface area contributed by atoms with Crippen LogP contribution in [0.4, 0.5) is 18.9 Å². The molecule has 0 unspecified atom stereocenters. The van der Waals surface area contributed by atoms with E-state index in [1.165, 1.54) is 0 Å². The fourth-order valence-electron chi connectivity index (χ4n) is 2.34. The fraction of sp³-hybridized carbons (Fsp3) is 0.0625. The number of fused-ring (bicyclic) bond motifs is 1. The van der Waals surface area contributed by atoms with Gasteiger partial charge in [-0.1, -0.05) is 0 Å². The highest BCUT2D eigenvalue weighted by molar-refractivity contribution is 7.87. The minimum atomic E-state index is -4.82. The number of hydrogen-bond acceptors (Lipinski definition) is 7. The third-order valence-electron chi connectivity index (χ3n) is 3.56. The van der Waals surface area contributed by atoms with Crippen molar-refractivity contribution in [1.29, 1.82) is 0 Å². The highest BCUT2D eigenvalue weighted by atomic mass is 32.2. The van der Waals surface area contributed by atoms with E-state index >= 15 is 0 Å². The van der Waals surface area contributed by atoms with Gasteiger partial charge >= 0.3 is 21.9 Å². The van der Waals surface area contributed by atoms with Gasteiger partial charge in [0.25, 0.3) is 5.69 Å². The van der Waals surface area contributed by atoms with Gasteiger partial charge in [-0.05, 0) is 24.3 Å². The maximum absolute atomic E-state index is 13.0. The second-order valence-electron chi connectivity index (χ2n) is 5.42. The van der Waals surface area contributed by atoms with Crippen molar-refractivity contribution in [1.82, 2.24) is 0 Å². The molecule has 0 amide bonds. The molecule has 0 aliphatic carbocycles. The van der Waals surface area contributed by atoms with Crippen LogP contribution in [-0.4, -0.2) is 13.3 Å². The summed E-state index contributed by atoms with van der Waals surface area (Å²) in [6, 6.07) is 6.76. The first-order valence-electron chi connectivity index (χ1n) is 7.31. The molecule has 146 valence electrons. The Kier molecular flexibility index (Phi) is 4.59. The largest absolute Gasteiger partial charge is 0.423 e. The van der Waals surface area contributed by atoms with E-state index in [0.29, 0.717) is 0 Å². The quantitative estimate of drug-likeness (QED) is 0.277. The lowest BCUT2D eigenvalue weighted by molar-refractivity contribution is -0.384. The monoisotopic (exact) mass is 415 g/mol. The summed E-state index contributed by atoms with van der Waals surface area (Å²) in [5.74, 6) is -0.409. The van der Waals surface area contributed by atoms with Gasteiger partial charge < -0.3 is 8.60 Å². The van der Waals surface area contributed by atoms with E-state index in [0.717, 1.165) is 42.5 Å². The van der Waals surface area contributed by atoms with Gasteiger partial charge in [-0.25, -0.2) is 4.79 Å². The number of alkyl halides is 3. The Labute approximate surface area is 154 Å². The van der Waals surface area contributed by atoms with Crippen molar-refractivity contribution in [3.05, 3.63) is 74.6 Å². The standard InChI is InChI=1S/C16H8F3NO7S/c17-16(18,19)13-8-15(21)26-14-7-10(3-6-12(13)14)27-28(24,25)11-4-1-9(2-5-11)20(22)23/h1-8H. The molecule has 0 aliphatic heterocycles. The molecule has 1 aromatic heterocycles. The third-order valence-corrected chi connectivity index (χ3v) is 4.82. The number of halogens is 3. The molecule has 0 atom stereocenters. The van der Waals surface area contributed by atoms with Crippen LogP contribution >= 0.6 is 0 Å². The predicted octanol–water partition coefficient (Wildman–Crippen LogP) is 3.49. The van der Waals surface area contributed by atoms with Gasteiger partial charge in [0.2, 0.25) is 0 Å². The third kappa shape index (κ3) is 3.81. The van der Waals surface area contributed by atoms with Gasteiger partial charge in [-0.2, -0.15) is 21.6 Å². The van der Waals surface area contributed by atoms with Crippen LogP contribution < -0.4 is 9.81 Å². The number of nitro benzene ring substituents is 1. The number of benzene rings is 2. The first-order chi connectivity index (χ1) is 13.0. The lowest BCUT2D eigenvalue weighted by atomic mass is 10.1. The Bertz CT molecular complexity index is 1230. The summed E-state index contributed by atoms with van der Waals surface area (Å²) in [5, 5.41) is 10.2. The molecule has 0 radical (unpaired) electrons. The average molecular weight is 415 g/mol. The van der Waals surface area contributed by atoms with Crippen LogP contribution in [0.15, 0.2) is 62.6 Å². The molecule has 0 bridgehead atoms. The molecule has 0 saturated heterocycles. The van der Waals surface area contributed by atoms with Crippen molar-refractivity contribution in [2.75, 3.05) is 0 Å². The molecular weight excluding hydrogens is 407 g/mol. The highest BCUT2D eigenvalue weighted by Crippen LogP contribution is 2.35. The molecule has 2 aromatic carbocycles. The van der Waals surface area contributed by atoms with Crippen LogP contribution in [0, 0.1) is 10.1 Å². The summed E-state index contributed by atoms with van der Waals surface area (Å²) in [4.78, 5) is 20.9. The number of rotatable bonds is 4. The SMILES string of the molecule is O=c1cc(C(F)(F)F)c2ccc(OS(=O)(=O)c3ccc([N+](=O)[O-])cc3)cc2o1. The minimum Gasteiger partial charge on any atom is -0.423 e. The van der Waals surface area contributed by atoms with E-state index < -0.39 is 54.0 Å². The first kappa shape index (κ1) is 19.4. The van der Waals surface area contributed by atoms with Crippen molar-refractivity contribution in [2.24, 2.45) is 0 Å². The van der Waals surface area contributed by atoms with E-state index in [1.54, 1.807) is 0 Å². The van der Waals surface area contributed by atoms with Gasteiger partial charge in [0.1, 0.15) is 16.2 Å². The molecule has 12 heteroatoms. The maximum atomic E-state index is 13.0. The summed E-state index contributed by atoms with van der Waals surface area (Å²) in [6.07, 6.45) is -4.82. The van der Waals surface area contributed by atoms with Gasteiger partial charge in [0, 0.05) is 29.7 Å². The van der Waals surface area contributed by atoms with E-state index in [4.69, 9.17) is 8.60 Å². The van der Waals surface area contributed by atoms with Crippen LogP contribution in [0.5, 0.6) is 5.75 Å². The van der Waals surface area contributed by atoms with Crippen LogP contribution in [0.1, 0.15) is 5.56 Å². The van der Waals surface area contributed by atoms with Gasteiger partial charge in [0.05, 0.1) is 10.5 Å². The Hall–Kier alpha value is -3.41. The average Bonchev–Trinajstić information content (AvgIpc) is 2.59. The summed E-state index contributed by atoms with van der Waals surface area (Å²) < 4.78 is 73.1. The van der Waals surface area contributed by atoms with Crippen molar-refractivity contribution >= 4 is 26.8 Å². The molecule has 0 spiro atoms. The van der Waals surface area contributed by atoms with E-state index in [-0.39, 0.29) is 11.8 Å². The zero-order chi connectivity index (χ0) is 20.7. The second kappa shape index (κ2) is 6.64. The van der Waals surface area contributed by atoms with Crippen molar-refractivity contribution in [3.63, 3.8) is 0 Å². The molecule has 0 aliphatic rings. The zero-order valence-corrected chi connectivity index (χ0v) is 14.3. The van der Waals surface area contributed by atoms with Gasteiger partial charge in [0.15, 0.2) is 0 Å². The second-order valence-corrected chi connectivity index (χ2v) is 6.97. The van der Waals surface area contributed by atoms with Crippen molar-refractivity contribution in [3.8, 4) is 5.75 Å². The highest BCUT2D eigenvalue weighted by Gasteiger charge is 2.34. The normalized spacial score (nSPS) is 12.1.